The van der Waals surface area contributed by atoms with Gasteiger partial charge in [-0.25, -0.2) is 0 Å². The van der Waals surface area contributed by atoms with Crippen LogP contribution in [0.2, 0.25) is 6.82 Å². The first-order chi connectivity index (χ1) is 5.07. The Bertz CT molecular complexity index is 129. The van der Waals surface area contributed by atoms with Crippen LogP contribution in [-0.2, 0) is 9.53 Å². The summed E-state index contributed by atoms with van der Waals surface area (Å²) in [7, 11) is -0.686. The highest BCUT2D eigenvalue weighted by molar-refractivity contribution is 6.45. The third-order valence-electron chi connectivity index (χ3n) is 1.13. The van der Waals surface area contributed by atoms with Crippen LogP contribution in [0.3, 0.4) is 0 Å². The van der Waals surface area contributed by atoms with Crippen LogP contribution < -0.4 is 5.23 Å². The van der Waals surface area contributed by atoms with E-state index in [1.54, 1.807) is 20.7 Å². The van der Waals surface area contributed by atoms with Gasteiger partial charge in [-0.2, -0.15) is 0 Å². The average Bonchev–Trinajstić information content (AvgIpc) is 1.86. The Labute approximate surface area is 67.1 Å². The number of hydrogen-bond donors (Lipinski definition) is 2. The van der Waals surface area contributed by atoms with Crippen LogP contribution >= 0.6 is 0 Å². The fourth-order valence-corrected chi connectivity index (χ4v) is 0.697. The molecule has 0 aromatic carbocycles. The molecular formula is C6H14BNO3. The van der Waals surface area contributed by atoms with E-state index in [4.69, 9.17) is 9.76 Å². The van der Waals surface area contributed by atoms with Gasteiger partial charge in [-0.05, 0) is 20.7 Å². The lowest BCUT2D eigenvalue weighted by molar-refractivity contribution is -0.144. The Hall–Kier alpha value is -0.545. The Morgan fingerprint density at radius 1 is 1.82 bits per heavy atom. The van der Waals surface area contributed by atoms with Gasteiger partial charge >= 0.3 is 13.0 Å². The number of ether oxygens (including phenoxy) is 1. The number of carbonyl (C=O) groups excluding carboxylic acids is 1. The zero-order valence-electron chi connectivity index (χ0n) is 7.13. The van der Waals surface area contributed by atoms with Gasteiger partial charge in [0.2, 0.25) is 0 Å². The van der Waals surface area contributed by atoms with E-state index >= 15 is 0 Å². The molecule has 0 aliphatic carbocycles. The van der Waals surface area contributed by atoms with Crippen LogP contribution in [0.5, 0.6) is 0 Å². The molecule has 0 amide bonds. The van der Waals surface area contributed by atoms with Crippen molar-refractivity contribution in [1.82, 2.24) is 5.23 Å². The molecule has 1 atom stereocenters. The second-order valence-electron chi connectivity index (χ2n) is 2.32. The molecule has 0 bridgehead atoms. The molecule has 0 fully saturated rings. The highest BCUT2D eigenvalue weighted by Crippen LogP contribution is 1.87. The van der Waals surface area contributed by atoms with Crippen LogP contribution in [-0.4, -0.2) is 30.7 Å². The lowest BCUT2D eigenvalue weighted by Gasteiger charge is -2.11. The molecule has 0 aromatic rings. The van der Waals surface area contributed by atoms with Crippen molar-refractivity contribution in [3.8, 4) is 0 Å². The minimum Gasteiger partial charge on any atom is -0.465 e. The van der Waals surface area contributed by atoms with E-state index in [0.29, 0.717) is 6.61 Å². The molecule has 0 radical (unpaired) electrons. The summed E-state index contributed by atoms with van der Waals surface area (Å²) in [5, 5.41) is 11.4. The molecule has 0 saturated carbocycles. The van der Waals surface area contributed by atoms with Crippen molar-refractivity contribution in [3.63, 3.8) is 0 Å². The summed E-state index contributed by atoms with van der Waals surface area (Å²) >= 11 is 0. The molecule has 4 nitrogen and oxygen atoms in total. The summed E-state index contributed by atoms with van der Waals surface area (Å²) in [6, 6.07) is -0.449. The number of hydrogen-bond acceptors (Lipinski definition) is 4. The molecule has 0 heterocycles. The van der Waals surface area contributed by atoms with E-state index in [0.717, 1.165) is 0 Å². The summed E-state index contributed by atoms with van der Waals surface area (Å²) in [5.41, 5.74) is 0. The van der Waals surface area contributed by atoms with Crippen LogP contribution in [0.15, 0.2) is 0 Å². The summed E-state index contributed by atoms with van der Waals surface area (Å²) in [5.74, 6) is -0.339. The summed E-state index contributed by atoms with van der Waals surface area (Å²) in [6.07, 6.45) is 0. The van der Waals surface area contributed by atoms with Crippen molar-refractivity contribution in [2.24, 2.45) is 0 Å². The number of rotatable bonds is 4. The summed E-state index contributed by atoms with van der Waals surface area (Å²) in [6.45, 7) is 5.30. The highest BCUT2D eigenvalue weighted by Gasteiger charge is 2.16. The lowest BCUT2D eigenvalue weighted by atomic mass is 9.87. The van der Waals surface area contributed by atoms with Crippen molar-refractivity contribution in [3.05, 3.63) is 0 Å². The van der Waals surface area contributed by atoms with E-state index in [9.17, 15) is 4.79 Å². The smallest absolute Gasteiger partial charge is 0.374 e. The van der Waals surface area contributed by atoms with Crippen LogP contribution in [0, 0.1) is 0 Å². The Morgan fingerprint density at radius 2 is 2.36 bits per heavy atom. The van der Waals surface area contributed by atoms with Gasteiger partial charge in [-0.15, -0.1) is 0 Å². The molecule has 0 saturated heterocycles. The minimum atomic E-state index is -0.686. The average molecular weight is 159 g/mol. The first-order valence-corrected chi connectivity index (χ1v) is 3.68. The SMILES string of the molecule is CCOC(=O)C(C)NB(C)O. The third-order valence-corrected chi connectivity index (χ3v) is 1.13. The molecule has 1 unspecified atom stereocenters. The molecule has 0 rings (SSSR count). The van der Waals surface area contributed by atoms with E-state index in [1.807, 2.05) is 0 Å². The van der Waals surface area contributed by atoms with Crippen molar-refractivity contribution < 1.29 is 14.6 Å². The molecule has 5 heteroatoms. The van der Waals surface area contributed by atoms with Crippen LogP contribution in [0.1, 0.15) is 13.8 Å². The minimum absolute atomic E-state index is 0.339. The fraction of sp³-hybridized carbons (Fsp3) is 0.833. The van der Waals surface area contributed by atoms with E-state index in [2.05, 4.69) is 5.23 Å². The molecule has 64 valence electrons. The predicted octanol–water partition coefficient (Wildman–Crippen LogP) is -0.362. The first kappa shape index (κ1) is 10.5. The van der Waals surface area contributed by atoms with E-state index < -0.39 is 13.1 Å². The molecule has 0 aliphatic heterocycles. The van der Waals surface area contributed by atoms with Gasteiger partial charge in [0, 0.05) is 0 Å². The van der Waals surface area contributed by atoms with E-state index in [-0.39, 0.29) is 5.97 Å². The quantitative estimate of drug-likeness (QED) is 0.434. The van der Waals surface area contributed by atoms with Gasteiger partial charge < -0.3 is 15.0 Å². The number of carbonyl (C=O) groups is 1. The van der Waals surface area contributed by atoms with Crippen molar-refractivity contribution >= 4 is 13.0 Å². The predicted molar refractivity (Wildman–Crippen MR) is 43.1 cm³/mol. The summed E-state index contributed by atoms with van der Waals surface area (Å²) < 4.78 is 4.69. The standard InChI is InChI=1S/C6H14BNO3/c1-4-11-6(9)5(2)8-7(3)10/h5,8,10H,4H2,1-3H3. The maximum absolute atomic E-state index is 10.9. The van der Waals surface area contributed by atoms with Gasteiger partial charge in [0.1, 0.15) is 0 Å². The Balaban J connectivity index is 3.64. The van der Waals surface area contributed by atoms with Crippen LogP contribution in [0.25, 0.3) is 0 Å². The second-order valence-corrected chi connectivity index (χ2v) is 2.32. The van der Waals surface area contributed by atoms with E-state index in [1.165, 1.54) is 0 Å². The van der Waals surface area contributed by atoms with Crippen molar-refractivity contribution in [2.45, 2.75) is 26.7 Å². The van der Waals surface area contributed by atoms with Gasteiger partial charge in [0.15, 0.2) is 0 Å². The van der Waals surface area contributed by atoms with Gasteiger partial charge in [-0.1, -0.05) is 0 Å². The zero-order chi connectivity index (χ0) is 8.85. The molecular weight excluding hydrogens is 145 g/mol. The number of esters is 1. The zero-order valence-corrected chi connectivity index (χ0v) is 7.13. The normalized spacial score (nSPS) is 12.4. The first-order valence-electron chi connectivity index (χ1n) is 3.68. The van der Waals surface area contributed by atoms with Gasteiger partial charge in [0.05, 0.1) is 12.6 Å². The summed E-state index contributed by atoms with van der Waals surface area (Å²) in [4.78, 5) is 10.9. The van der Waals surface area contributed by atoms with Gasteiger partial charge in [-0.3, -0.25) is 4.79 Å². The molecule has 0 spiro atoms. The van der Waals surface area contributed by atoms with Gasteiger partial charge in [0.25, 0.3) is 0 Å². The second kappa shape index (κ2) is 5.15. The van der Waals surface area contributed by atoms with Crippen molar-refractivity contribution in [2.75, 3.05) is 6.61 Å². The Kier molecular flexibility index (Phi) is 4.90. The lowest BCUT2D eigenvalue weighted by Crippen LogP contribution is -2.43. The van der Waals surface area contributed by atoms with Crippen molar-refractivity contribution in [1.29, 1.82) is 0 Å². The third kappa shape index (κ3) is 4.81. The maximum Gasteiger partial charge on any atom is 0.374 e. The fourth-order valence-electron chi connectivity index (χ4n) is 0.697. The monoisotopic (exact) mass is 159 g/mol. The Morgan fingerprint density at radius 3 is 2.73 bits per heavy atom. The topological polar surface area (TPSA) is 58.6 Å². The number of nitrogens with one attached hydrogen (secondary N) is 1. The largest absolute Gasteiger partial charge is 0.465 e. The molecule has 11 heavy (non-hydrogen) atoms. The molecule has 0 aliphatic rings. The molecule has 0 aromatic heterocycles. The van der Waals surface area contributed by atoms with Crippen LogP contribution in [0.4, 0.5) is 0 Å². The molecule has 2 N–H and O–H groups in total. The highest BCUT2D eigenvalue weighted by atomic mass is 16.5. The maximum atomic E-state index is 10.9.